The number of phenols is 1. The van der Waals surface area contributed by atoms with E-state index >= 15 is 0 Å². The molecule has 19 atom stereocenters. The Bertz CT molecular complexity index is 1770. The number of esters is 2. The van der Waals surface area contributed by atoms with Crippen molar-refractivity contribution in [3.05, 3.63) is 29.8 Å². The van der Waals surface area contributed by atoms with Crippen molar-refractivity contribution >= 4 is 17.7 Å². The minimum absolute atomic E-state index is 0.00396. The number of rotatable bonds is 11. The van der Waals surface area contributed by atoms with Gasteiger partial charge in [-0.25, -0.2) is 0 Å². The van der Waals surface area contributed by atoms with Crippen LogP contribution in [-0.2, 0) is 63.4 Å². The van der Waals surface area contributed by atoms with E-state index < -0.39 is 107 Å². The highest BCUT2D eigenvalue weighted by atomic mass is 16.7. The van der Waals surface area contributed by atoms with Gasteiger partial charge in [0.1, 0.15) is 59.4 Å². The summed E-state index contributed by atoms with van der Waals surface area (Å²) in [5.41, 5.74) is -2.01. The van der Waals surface area contributed by atoms with Gasteiger partial charge < -0.3 is 58.0 Å². The Morgan fingerprint density at radius 2 is 1.55 bits per heavy atom. The van der Waals surface area contributed by atoms with E-state index in [1.165, 1.54) is 26.2 Å². The SMILES string of the molecule is COC1CC(OC2CCC3(C)C(CCC45OC46CCC(C(C)=O)C6(C)C(OC(C)=O)C(OC(=O)Cc4ccc(O)cc4)C35)C2)OC(C)C1OC1OC(C)C(O)C(OC)C1O. The maximum absolute atomic E-state index is 14.0. The molecule has 8 rings (SSSR count). The number of epoxide rings is 1. The molecule has 3 saturated heterocycles. The van der Waals surface area contributed by atoms with Crippen LogP contribution in [0.15, 0.2) is 24.3 Å². The largest absolute Gasteiger partial charge is 0.508 e. The Balaban J connectivity index is 1.02. The highest BCUT2D eigenvalue weighted by Gasteiger charge is 2.91. The van der Waals surface area contributed by atoms with Crippen LogP contribution in [0.2, 0.25) is 0 Å². The summed E-state index contributed by atoms with van der Waals surface area (Å²) in [6.45, 7) is 10.8. The standard InChI is InChI=1S/C45H64O15/c1-22(46)30-15-18-45-43(30,6)40(56-25(4)47)38(58-32(49)19-26-9-11-28(48)12-10-26)39-42(5)16-14-29(20-27(42)13-17-44(39,45)60-45)57-33-21-31(52-7)36(24(3)54-33)59-41-35(51)37(53-8)34(50)23(2)55-41/h9-12,23-24,27,29-31,33-41,48,50-51H,13-21H2,1-8H3. The molecule has 3 heterocycles. The fraction of sp³-hybridized carbons (Fsp3) is 0.800. The quantitative estimate of drug-likeness (QED) is 0.165. The molecule has 3 N–H and O–H groups in total. The van der Waals surface area contributed by atoms with Gasteiger partial charge in [0.05, 0.1) is 30.8 Å². The zero-order valence-electron chi connectivity index (χ0n) is 36.1. The number of fused-ring (bicyclic) bond motifs is 2. The summed E-state index contributed by atoms with van der Waals surface area (Å²) in [4.78, 5) is 40.4. The van der Waals surface area contributed by atoms with Crippen molar-refractivity contribution in [1.29, 1.82) is 0 Å². The van der Waals surface area contributed by atoms with E-state index in [4.69, 9.17) is 42.6 Å². The number of aromatic hydroxyl groups is 1. The fourth-order valence-corrected chi connectivity index (χ4v) is 13.3. The van der Waals surface area contributed by atoms with Gasteiger partial charge in [0.25, 0.3) is 0 Å². The van der Waals surface area contributed by atoms with Crippen LogP contribution in [0.3, 0.4) is 0 Å². The van der Waals surface area contributed by atoms with Crippen molar-refractivity contribution in [3.8, 4) is 5.75 Å². The molecule has 3 aliphatic heterocycles. The number of hydrogen-bond donors (Lipinski definition) is 3. The lowest BCUT2D eigenvalue weighted by Crippen LogP contribution is -2.70. The number of benzene rings is 1. The Morgan fingerprint density at radius 1 is 0.817 bits per heavy atom. The first-order valence-corrected chi connectivity index (χ1v) is 21.8. The first-order valence-electron chi connectivity index (χ1n) is 21.8. The predicted molar refractivity (Wildman–Crippen MR) is 210 cm³/mol. The third kappa shape index (κ3) is 6.93. The van der Waals surface area contributed by atoms with Gasteiger partial charge in [-0.15, -0.1) is 0 Å². The molecule has 0 radical (unpaired) electrons. The smallest absolute Gasteiger partial charge is 0.310 e. The molecule has 7 aliphatic rings. The Kier molecular flexibility index (Phi) is 11.8. The molecule has 4 aliphatic carbocycles. The maximum Gasteiger partial charge on any atom is 0.310 e. The summed E-state index contributed by atoms with van der Waals surface area (Å²) < 4.78 is 56.6. The van der Waals surface area contributed by atoms with Crippen molar-refractivity contribution in [2.45, 2.75) is 184 Å². The molecule has 1 aromatic rings. The van der Waals surface area contributed by atoms with Gasteiger partial charge in [0, 0.05) is 44.8 Å². The Morgan fingerprint density at radius 3 is 2.22 bits per heavy atom. The van der Waals surface area contributed by atoms with E-state index in [2.05, 4.69) is 6.92 Å². The molecule has 19 unspecified atom stereocenters. The molecular weight excluding hydrogens is 780 g/mol. The number of ketones is 1. The zero-order valence-corrected chi connectivity index (χ0v) is 36.1. The van der Waals surface area contributed by atoms with E-state index in [0.717, 1.165) is 19.3 Å². The number of phenolic OH excluding ortho intramolecular Hbond substituents is 1. The number of carbonyl (C=O) groups is 3. The fourth-order valence-electron chi connectivity index (χ4n) is 13.3. The topological polar surface area (TPSA) is 198 Å². The zero-order chi connectivity index (χ0) is 43.1. The molecule has 15 nitrogen and oxygen atoms in total. The Labute approximate surface area is 352 Å². The number of aliphatic hydroxyl groups is 2. The van der Waals surface area contributed by atoms with Gasteiger partial charge in [-0.1, -0.05) is 26.0 Å². The average molecular weight is 845 g/mol. The monoisotopic (exact) mass is 844 g/mol. The number of aliphatic hydroxyl groups excluding tert-OH is 2. The molecule has 334 valence electrons. The molecule has 15 heteroatoms. The minimum atomic E-state index is -1.23. The normalized spacial score (nSPS) is 48.1. The number of ether oxygens (including phenoxy) is 9. The van der Waals surface area contributed by atoms with Crippen LogP contribution < -0.4 is 0 Å². The maximum atomic E-state index is 14.0. The van der Waals surface area contributed by atoms with E-state index in [1.807, 2.05) is 13.8 Å². The molecule has 0 aromatic heterocycles. The van der Waals surface area contributed by atoms with Crippen molar-refractivity contribution in [1.82, 2.24) is 0 Å². The summed E-state index contributed by atoms with van der Waals surface area (Å²) in [6, 6.07) is 6.41. The summed E-state index contributed by atoms with van der Waals surface area (Å²) in [5, 5.41) is 31.2. The van der Waals surface area contributed by atoms with Crippen LogP contribution in [0.25, 0.3) is 0 Å². The van der Waals surface area contributed by atoms with Crippen LogP contribution in [0.4, 0.5) is 0 Å². The third-order valence-electron chi connectivity index (χ3n) is 16.1. The van der Waals surface area contributed by atoms with Crippen LogP contribution >= 0.6 is 0 Å². The van der Waals surface area contributed by atoms with E-state index in [0.29, 0.717) is 37.7 Å². The molecule has 0 amide bonds. The molecule has 7 fully saturated rings. The molecule has 60 heavy (non-hydrogen) atoms. The van der Waals surface area contributed by atoms with Crippen molar-refractivity contribution in [2.24, 2.45) is 28.6 Å². The first-order chi connectivity index (χ1) is 28.4. The summed E-state index contributed by atoms with van der Waals surface area (Å²) >= 11 is 0. The first kappa shape index (κ1) is 43.9. The summed E-state index contributed by atoms with van der Waals surface area (Å²) in [5.74, 6) is -1.51. The number of methoxy groups -OCH3 is 2. The van der Waals surface area contributed by atoms with Crippen molar-refractivity contribution < 1.29 is 72.3 Å². The van der Waals surface area contributed by atoms with Gasteiger partial charge >= 0.3 is 11.9 Å². The second-order valence-corrected chi connectivity index (χ2v) is 19.2. The van der Waals surface area contributed by atoms with Gasteiger partial charge in [0.15, 0.2) is 12.6 Å². The number of Topliss-reactive ketones (excluding diaryl/α,β-unsaturated/α-hetero) is 1. The third-order valence-corrected chi connectivity index (χ3v) is 16.1. The van der Waals surface area contributed by atoms with Gasteiger partial charge in [-0.05, 0) is 94.7 Å². The molecule has 1 aromatic carbocycles. The second-order valence-electron chi connectivity index (χ2n) is 19.2. The lowest BCUT2D eigenvalue weighted by Gasteiger charge is -2.61. The van der Waals surface area contributed by atoms with Gasteiger partial charge in [-0.2, -0.15) is 0 Å². The van der Waals surface area contributed by atoms with Gasteiger partial charge in [-0.3, -0.25) is 14.4 Å². The van der Waals surface area contributed by atoms with Gasteiger partial charge in [0.2, 0.25) is 0 Å². The summed E-state index contributed by atoms with van der Waals surface area (Å²) in [6.07, 6.45) is -3.58. The summed E-state index contributed by atoms with van der Waals surface area (Å²) in [7, 11) is 3.03. The number of carbonyl (C=O) groups excluding carboxylic acids is 3. The van der Waals surface area contributed by atoms with E-state index in [9.17, 15) is 29.7 Å². The van der Waals surface area contributed by atoms with E-state index in [1.54, 1.807) is 33.1 Å². The highest BCUT2D eigenvalue weighted by Crippen LogP contribution is 2.81. The van der Waals surface area contributed by atoms with E-state index in [-0.39, 0.29) is 35.9 Å². The van der Waals surface area contributed by atoms with Crippen LogP contribution in [0.1, 0.15) is 98.5 Å². The predicted octanol–water partition coefficient (Wildman–Crippen LogP) is 3.92. The number of hydrogen-bond acceptors (Lipinski definition) is 15. The molecule has 2 spiro atoms. The lowest BCUT2D eigenvalue weighted by atomic mass is 9.43. The minimum Gasteiger partial charge on any atom is -0.508 e. The van der Waals surface area contributed by atoms with Crippen molar-refractivity contribution in [3.63, 3.8) is 0 Å². The molecule has 4 saturated carbocycles. The highest BCUT2D eigenvalue weighted by molar-refractivity contribution is 5.81. The van der Waals surface area contributed by atoms with Crippen molar-refractivity contribution in [2.75, 3.05) is 14.2 Å². The van der Waals surface area contributed by atoms with Crippen LogP contribution in [-0.4, -0.2) is 132 Å². The van der Waals surface area contributed by atoms with Crippen LogP contribution in [0.5, 0.6) is 5.75 Å². The van der Waals surface area contributed by atoms with Crippen LogP contribution in [0, 0.1) is 28.6 Å². The molecule has 0 bridgehead atoms. The second kappa shape index (κ2) is 16.1. The average Bonchev–Trinajstić information content (AvgIpc) is 3.74. The Hall–Kier alpha value is -2.73. The molecular formula is C45H64O15. The lowest BCUT2D eigenvalue weighted by molar-refractivity contribution is -0.343.